The summed E-state index contributed by atoms with van der Waals surface area (Å²) < 4.78 is 61.0. The number of carboxylic acids is 1. The van der Waals surface area contributed by atoms with E-state index in [-0.39, 0.29) is 23.6 Å². The summed E-state index contributed by atoms with van der Waals surface area (Å²) in [5, 5.41) is 10.0. The summed E-state index contributed by atoms with van der Waals surface area (Å²) in [5.74, 6) is -1.27. The molecule has 1 heterocycles. The van der Waals surface area contributed by atoms with Crippen molar-refractivity contribution in [3.8, 4) is 5.75 Å². The summed E-state index contributed by atoms with van der Waals surface area (Å²) in [6.07, 6.45) is 1.92. The monoisotopic (exact) mass is 496 g/mol. The summed E-state index contributed by atoms with van der Waals surface area (Å²) in [4.78, 5) is 12.2. The molecule has 0 aliphatic carbocycles. The highest BCUT2D eigenvalue weighted by Gasteiger charge is 2.42. The van der Waals surface area contributed by atoms with Crippen molar-refractivity contribution in [2.24, 2.45) is 0 Å². The highest BCUT2D eigenvalue weighted by atomic mass is 32.2. The predicted octanol–water partition coefficient (Wildman–Crippen LogP) is 2.20. The lowest BCUT2D eigenvalue weighted by atomic mass is 9.99. The topological polar surface area (TPSA) is 130 Å². The second-order valence-corrected chi connectivity index (χ2v) is 11.5. The molecule has 9 nitrogen and oxygen atoms in total. The van der Waals surface area contributed by atoms with Crippen molar-refractivity contribution in [3.63, 3.8) is 0 Å². The fraction of sp³-hybridized carbons (Fsp3) is 0.409. The maximum absolute atomic E-state index is 13.4. The van der Waals surface area contributed by atoms with Crippen molar-refractivity contribution in [3.05, 3.63) is 60.2 Å². The third kappa shape index (κ3) is 6.32. The van der Waals surface area contributed by atoms with Crippen LogP contribution in [-0.4, -0.2) is 58.0 Å². The number of hydrogen-bond acceptors (Lipinski definition) is 6. The van der Waals surface area contributed by atoms with Crippen LogP contribution in [0.3, 0.4) is 0 Å². The third-order valence-electron chi connectivity index (χ3n) is 5.53. The fourth-order valence-corrected chi connectivity index (χ4v) is 7.02. The molecule has 180 valence electrons. The fourth-order valence-electron chi connectivity index (χ4n) is 3.94. The van der Waals surface area contributed by atoms with Gasteiger partial charge < -0.3 is 9.84 Å². The second-order valence-electron chi connectivity index (χ2n) is 7.89. The van der Waals surface area contributed by atoms with Crippen LogP contribution in [-0.2, 0) is 30.6 Å². The zero-order chi connectivity index (χ0) is 24.1. The molecule has 2 atom stereocenters. The Morgan fingerprint density at radius 1 is 1.03 bits per heavy atom. The van der Waals surface area contributed by atoms with E-state index in [1.165, 1.54) is 31.4 Å². The number of carbonyl (C=O) groups is 1. The minimum Gasteiger partial charge on any atom is -0.497 e. The highest BCUT2D eigenvalue weighted by molar-refractivity contribution is 7.89. The van der Waals surface area contributed by atoms with Crippen LogP contribution in [0.25, 0.3) is 0 Å². The summed E-state index contributed by atoms with van der Waals surface area (Å²) in [7, 11) is -6.68. The zero-order valence-electron chi connectivity index (χ0n) is 18.3. The molecule has 2 aromatic rings. The Labute approximate surface area is 194 Å². The molecule has 0 aromatic heterocycles. The molecule has 2 N–H and O–H groups in total. The number of nitrogens with one attached hydrogen (secondary N) is 1. The molecule has 0 spiro atoms. The van der Waals surface area contributed by atoms with Gasteiger partial charge in [-0.15, -0.1) is 0 Å². The number of carboxylic acid groups (broad SMARTS) is 1. The molecule has 1 aliphatic rings. The largest absolute Gasteiger partial charge is 0.497 e. The van der Waals surface area contributed by atoms with Gasteiger partial charge in [-0.25, -0.2) is 21.6 Å². The van der Waals surface area contributed by atoms with Gasteiger partial charge in [0.2, 0.25) is 20.0 Å². The number of benzene rings is 2. The Balaban J connectivity index is 1.93. The van der Waals surface area contributed by atoms with E-state index in [4.69, 9.17) is 4.74 Å². The number of hydrogen-bond donors (Lipinski definition) is 2. The lowest BCUT2D eigenvalue weighted by Gasteiger charge is -2.35. The summed E-state index contributed by atoms with van der Waals surface area (Å²) in [6.45, 7) is -0.0256. The maximum atomic E-state index is 13.4. The lowest BCUT2D eigenvalue weighted by Crippen LogP contribution is -2.58. The van der Waals surface area contributed by atoms with Crippen molar-refractivity contribution >= 4 is 26.0 Å². The van der Waals surface area contributed by atoms with Gasteiger partial charge in [-0.3, -0.25) is 4.79 Å². The quantitative estimate of drug-likeness (QED) is 0.573. The maximum Gasteiger partial charge on any atom is 0.323 e. The van der Waals surface area contributed by atoms with E-state index in [0.717, 1.165) is 4.31 Å². The highest BCUT2D eigenvalue weighted by Crippen LogP contribution is 2.27. The van der Waals surface area contributed by atoms with Gasteiger partial charge in [-0.05, 0) is 42.7 Å². The van der Waals surface area contributed by atoms with Crippen LogP contribution >= 0.6 is 0 Å². The first kappa shape index (κ1) is 25.2. The predicted molar refractivity (Wildman–Crippen MR) is 123 cm³/mol. The average molecular weight is 497 g/mol. The molecule has 0 saturated carbocycles. The number of ether oxygens (including phenoxy) is 1. The van der Waals surface area contributed by atoms with Crippen molar-refractivity contribution in [2.75, 3.05) is 13.7 Å². The van der Waals surface area contributed by atoms with Gasteiger partial charge in [0.25, 0.3) is 0 Å². The van der Waals surface area contributed by atoms with Crippen LogP contribution in [0.2, 0.25) is 0 Å². The SMILES string of the molecule is COc1ccc(S(=O)(=O)N2CCCCC[C@@H](NS(=O)(=O)Cc3ccccc3)[C@@H]2C(=O)O)cc1. The van der Waals surface area contributed by atoms with E-state index in [0.29, 0.717) is 30.6 Å². The smallest absolute Gasteiger partial charge is 0.323 e. The van der Waals surface area contributed by atoms with E-state index < -0.39 is 38.1 Å². The van der Waals surface area contributed by atoms with Gasteiger partial charge in [0, 0.05) is 12.6 Å². The van der Waals surface area contributed by atoms with Crippen molar-refractivity contribution in [1.29, 1.82) is 0 Å². The number of sulfonamides is 2. The first-order valence-corrected chi connectivity index (χ1v) is 13.7. The molecule has 1 aliphatic heterocycles. The van der Waals surface area contributed by atoms with Crippen LogP contribution < -0.4 is 9.46 Å². The molecule has 0 unspecified atom stereocenters. The minimum absolute atomic E-state index is 0.0256. The molecule has 0 amide bonds. The summed E-state index contributed by atoms with van der Waals surface area (Å²) in [6, 6.07) is 11.5. The molecular formula is C22H28N2O7S2. The number of methoxy groups -OCH3 is 1. The van der Waals surface area contributed by atoms with Gasteiger partial charge in [-0.1, -0.05) is 43.2 Å². The number of nitrogens with zero attached hydrogens (tertiary/aromatic N) is 1. The van der Waals surface area contributed by atoms with Crippen molar-refractivity contribution in [2.45, 2.75) is 48.4 Å². The Bertz CT molecular complexity index is 1150. The molecule has 1 saturated heterocycles. The number of aliphatic carboxylic acids is 1. The van der Waals surface area contributed by atoms with Gasteiger partial charge >= 0.3 is 5.97 Å². The first-order valence-electron chi connectivity index (χ1n) is 10.6. The molecular weight excluding hydrogens is 468 g/mol. The van der Waals surface area contributed by atoms with E-state index >= 15 is 0 Å². The van der Waals surface area contributed by atoms with Crippen LogP contribution in [0, 0.1) is 0 Å². The van der Waals surface area contributed by atoms with Crippen molar-refractivity contribution in [1.82, 2.24) is 9.03 Å². The minimum atomic E-state index is -4.21. The first-order chi connectivity index (χ1) is 15.6. The van der Waals surface area contributed by atoms with Gasteiger partial charge in [-0.2, -0.15) is 4.31 Å². The third-order valence-corrected chi connectivity index (χ3v) is 8.80. The van der Waals surface area contributed by atoms with Crippen LogP contribution in [0.4, 0.5) is 0 Å². The van der Waals surface area contributed by atoms with Gasteiger partial charge in [0.15, 0.2) is 0 Å². The Hall–Kier alpha value is -2.47. The molecule has 33 heavy (non-hydrogen) atoms. The Morgan fingerprint density at radius 3 is 2.30 bits per heavy atom. The van der Waals surface area contributed by atoms with Crippen LogP contribution in [0.1, 0.15) is 31.2 Å². The zero-order valence-corrected chi connectivity index (χ0v) is 19.9. The van der Waals surface area contributed by atoms with E-state index in [9.17, 15) is 26.7 Å². The molecule has 3 rings (SSSR count). The van der Waals surface area contributed by atoms with Gasteiger partial charge in [0.1, 0.15) is 11.8 Å². The van der Waals surface area contributed by atoms with E-state index in [2.05, 4.69) is 4.72 Å². The van der Waals surface area contributed by atoms with Crippen molar-refractivity contribution < 1.29 is 31.5 Å². The Morgan fingerprint density at radius 2 is 1.70 bits per heavy atom. The molecule has 0 bridgehead atoms. The van der Waals surface area contributed by atoms with Crippen LogP contribution in [0.5, 0.6) is 5.75 Å². The number of rotatable bonds is 8. The summed E-state index contributed by atoms with van der Waals surface area (Å²) >= 11 is 0. The lowest BCUT2D eigenvalue weighted by molar-refractivity contribution is -0.142. The molecule has 1 fully saturated rings. The van der Waals surface area contributed by atoms with Gasteiger partial charge in [0.05, 0.1) is 17.8 Å². The normalized spacial score (nSPS) is 20.5. The Kier molecular flexibility index (Phi) is 8.11. The molecule has 0 radical (unpaired) electrons. The average Bonchev–Trinajstić information content (AvgIpc) is 2.75. The molecule has 11 heteroatoms. The van der Waals surface area contributed by atoms with Crippen LogP contribution in [0.15, 0.2) is 59.5 Å². The second kappa shape index (κ2) is 10.6. The van der Waals surface area contributed by atoms with E-state index in [1.807, 2.05) is 0 Å². The van der Waals surface area contributed by atoms with E-state index in [1.54, 1.807) is 30.3 Å². The molecule has 2 aromatic carbocycles. The summed E-state index contributed by atoms with van der Waals surface area (Å²) in [5.41, 5.74) is 0.547. The standard InChI is InChI=1S/C22H28N2O7S2/c1-31-18-11-13-19(14-12-18)33(29,30)24-15-7-3-6-10-20(21(24)22(25)26)23-32(27,28)16-17-8-4-2-5-9-17/h2,4-5,8-9,11-14,20-21,23H,3,6-7,10,15-16H2,1H3,(H,25,26)/t20-,21-/m1/s1.